The Kier molecular flexibility index (Phi) is 4.72. The van der Waals surface area contributed by atoms with Gasteiger partial charge in [0.15, 0.2) is 0 Å². The van der Waals surface area contributed by atoms with Crippen LogP contribution in [0.2, 0.25) is 5.79 Å². The zero-order valence-corrected chi connectivity index (χ0v) is 24.6. The lowest BCUT2D eigenvalue weighted by Gasteiger charge is -2.58. The van der Waals surface area contributed by atoms with Gasteiger partial charge in [-0.05, 0) is 94.3 Å². The summed E-state index contributed by atoms with van der Waals surface area (Å²) in [4.78, 5) is 0. The van der Waals surface area contributed by atoms with E-state index in [4.69, 9.17) is 7.58 Å². The third-order valence-electron chi connectivity index (χ3n) is 12.6. The highest BCUT2D eigenvalue weighted by atomic mass is 27.2. The lowest BCUT2D eigenvalue weighted by molar-refractivity contribution is -0.178. The largest absolute Gasteiger partial charge is 0.672 e. The van der Waals surface area contributed by atoms with Crippen molar-refractivity contribution in [1.29, 1.82) is 0 Å². The summed E-state index contributed by atoms with van der Waals surface area (Å²) in [7, 11) is 0. The first-order chi connectivity index (χ1) is 16.9. The lowest BCUT2D eigenvalue weighted by atomic mass is 9.55. The number of hydrogen-bond donors (Lipinski definition) is 0. The van der Waals surface area contributed by atoms with Gasteiger partial charge in [-0.25, -0.2) is 0 Å². The molecule has 1 heterocycles. The summed E-state index contributed by atoms with van der Waals surface area (Å²) < 4.78 is 15.4. The molecule has 2 nitrogen and oxygen atoms in total. The molecule has 4 bridgehead atoms. The van der Waals surface area contributed by atoms with E-state index in [9.17, 15) is 0 Å². The molecule has 5 aliphatic rings. The quantitative estimate of drug-likeness (QED) is 0.339. The molecular weight excluding hydrogens is 455 g/mol. The van der Waals surface area contributed by atoms with Crippen LogP contribution in [0.25, 0.3) is 11.1 Å². The van der Waals surface area contributed by atoms with Gasteiger partial charge >= 0.3 is 14.8 Å². The highest BCUT2D eigenvalue weighted by molar-refractivity contribution is 6.43. The minimum atomic E-state index is -2.07. The summed E-state index contributed by atoms with van der Waals surface area (Å²) in [5, 5.41) is 0. The molecule has 1 aliphatic heterocycles. The van der Waals surface area contributed by atoms with Crippen molar-refractivity contribution in [2.45, 2.75) is 97.1 Å². The van der Waals surface area contributed by atoms with Crippen molar-refractivity contribution in [3.8, 4) is 11.1 Å². The summed E-state index contributed by atoms with van der Waals surface area (Å²) in [6.45, 7) is 15.1. The maximum Gasteiger partial charge on any atom is 0.672 e. The molecule has 6 unspecified atom stereocenters. The fourth-order valence-electron chi connectivity index (χ4n) is 11.1. The van der Waals surface area contributed by atoms with Crippen molar-refractivity contribution < 1.29 is 7.58 Å². The van der Waals surface area contributed by atoms with Crippen molar-refractivity contribution in [1.82, 2.24) is 0 Å². The van der Waals surface area contributed by atoms with Crippen LogP contribution in [0.4, 0.5) is 0 Å². The summed E-state index contributed by atoms with van der Waals surface area (Å²) in [6.07, 6.45) is 7.64. The predicted octanol–water partition coefficient (Wildman–Crippen LogP) is 8.60. The van der Waals surface area contributed by atoms with Crippen LogP contribution in [0.5, 0.6) is 0 Å². The fraction of sp³-hybridized carbons (Fsp3) is 0.636. The SMILES string of the molecule is [CH3][Al]1[O]C2(c3ccccc3-c3ccccc3C3([O]1)C1(C)CCC(C1)C3(C)C)C1(C)CCC(C1)C2(C)C. The fourth-order valence-corrected chi connectivity index (χ4v) is 13.6. The van der Waals surface area contributed by atoms with Crippen LogP contribution < -0.4 is 0 Å². The molecule has 0 amide bonds. The zero-order chi connectivity index (χ0) is 25.4. The van der Waals surface area contributed by atoms with Crippen molar-refractivity contribution in [3.63, 3.8) is 0 Å². The Hall–Kier alpha value is -1.11. The van der Waals surface area contributed by atoms with E-state index in [0.717, 1.165) is 0 Å². The first-order valence-electron chi connectivity index (χ1n) is 14.5. The van der Waals surface area contributed by atoms with Crippen LogP contribution in [-0.2, 0) is 18.8 Å². The molecule has 2 spiro atoms. The van der Waals surface area contributed by atoms with Crippen LogP contribution in [0, 0.1) is 33.5 Å². The van der Waals surface area contributed by atoms with Gasteiger partial charge in [0.05, 0.1) is 11.2 Å². The molecule has 2 aromatic carbocycles. The van der Waals surface area contributed by atoms with Gasteiger partial charge in [-0.2, -0.15) is 0 Å². The summed E-state index contributed by atoms with van der Waals surface area (Å²) in [5.41, 5.74) is 5.30. The molecule has 6 atom stereocenters. The van der Waals surface area contributed by atoms with E-state index in [1.165, 1.54) is 60.8 Å². The molecule has 0 saturated heterocycles. The Morgan fingerprint density at radius 1 is 0.639 bits per heavy atom. The summed E-state index contributed by atoms with van der Waals surface area (Å²) in [6, 6.07) is 18.6. The van der Waals surface area contributed by atoms with Crippen LogP contribution in [-0.4, -0.2) is 14.8 Å². The van der Waals surface area contributed by atoms with Crippen LogP contribution in [0.15, 0.2) is 48.5 Å². The van der Waals surface area contributed by atoms with E-state index >= 15 is 0 Å². The number of rotatable bonds is 0. The van der Waals surface area contributed by atoms with Gasteiger partial charge in [0, 0.05) is 0 Å². The second kappa shape index (κ2) is 7.09. The minimum Gasteiger partial charge on any atom is -0.469 e. The van der Waals surface area contributed by atoms with Gasteiger partial charge in [0.25, 0.3) is 0 Å². The van der Waals surface area contributed by atoms with Gasteiger partial charge in [0.1, 0.15) is 0 Å². The highest BCUT2D eigenvalue weighted by Crippen LogP contribution is 2.77. The van der Waals surface area contributed by atoms with Crippen molar-refractivity contribution in [3.05, 3.63) is 59.7 Å². The van der Waals surface area contributed by atoms with Gasteiger partial charge in [-0.1, -0.05) is 95.9 Å². The highest BCUT2D eigenvalue weighted by Gasteiger charge is 2.74. The second-order valence-corrected chi connectivity index (χ2v) is 16.3. The van der Waals surface area contributed by atoms with E-state index in [1.807, 2.05) is 0 Å². The van der Waals surface area contributed by atoms with Crippen molar-refractivity contribution in [2.24, 2.45) is 33.5 Å². The normalized spacial score (nSPS) is 43.4. The van der Waals surface area contributed by atoms with Gasteiger partial charge in [-0.3, -0.25) is 0 Å². The molecule has 36 heavy (non-hydrogen) atoms. The predicted molar refractivity (Wildman–Crippen MR) is 147 cm³/mol. The third kappa shape index (κ3) is 2.45. The standard InChI is InChI=1S/C32H40O2.CH3.Al/c1-27(2)21-15-17-29(5,19-21)31(27,33)25-13-9-7-11-23(25)24-12-8-10-14-26(24)32(34)28(3,4)22-16-18-30(32,6)20-22;;/h7-14,21-22H,15-20H2,1-6H3;1H3;/q-2;;+2. The Balaban J connectivity index is 1.58. The van der Waals surface area contributed by atoms with Gasteiger partial charge in [0.2, 0.25) is 0 Å². The topological polar surface area (TPSA) is 18.5 Å². The maximum absolute atomic E-state index is 7.68. The van der Waals surface area contributed by atoms with E-state index in [2.05, 4.69) is 95.9 Å². The Labute approximate surface area is 223 Å². The molecule has 2 aromatic rings. The van der Waals surface area contributed by atoms with Crippen LogP contribution in [0.3, 0.4) is 0 Å². The average molecular weight is 499 g/mol. The molecule has 4 aliphatic carbocycles. The smallest absolute Gasteiger partial charge is 0.469 e. The van der Waals surface area contributed by atoms with E-state index in [0.29, 0.717) is 11.8 Å². The number of benzene rings is 2. The summed E-state index contributed by atoms with van der Waals surface area (Å²) >= 11 is -2.07. The molecule has 190 valence electrons. The number of hydrogen-bond acceptors (Lipinski definition) is 2. The molecule has 3 heteroatoms. The lowest BCUT2D eigenvalue weighted by Crippen LogP contribution is -2.59. The monoisotopic (exact) mass is 498 g/mol. The van der Waals surface area contributed by atoms with Crippen LogP contribution >= 0.6 is 0 Å². The van der Waals surface area contributed by atoms with Gasteiger partial charge in [-0.15, -0.1) is 0 Å². The maximum atomic E-state index is 7.68. The van der Waals surface area contributed by atoms with E-state index < -0.39 is 14.8 Å². The first kappa shape index (κ1) is 24.0. The molecule has 7 rings (SSSR count). The average Bonchev–Trinajstić information content (AvgIpc) is 3.52. The molecule has 4 fully saturated rings. The number of fused-ring (bicyclic) bond motifs is 11. The Morgan fingerprint density at radius 2 is 1.03 bits per heavy atom. The third-order valence-corrected chi connectivity index (χ3v) is 14.0. The van der Waals surface area contributed by atoms with Crippen LogP contribution in [0.1, 0.15) is 91.2 Å². The molecular formula is C33H43AlO2. The zero-order valence-electron chi connectivity index (χ0n) is 23.4. The first-order valence-corrected chi connectivity index (χ1v) is 16.6. The van der Waals surface area contributed by atoms with E-state index in [1.54, 1.807) is 0 Å². The van der Waals surface area contributed by atoms with Gasteiger partial charge < -0.3 is 7.58 Å². The van der Waals surface area contributed by atoms with Crippen molar-refractivity contribution >= 4 is 14.8 Å². The minimum absolute atomic E-state index is 0.0568. The molecule has 0 aromatic heterocycles. The van der Waals surface area contributed by atoms with E-state index in [-0.39, 0.29) is 32.9 Å². The summed E-state index contributed by atoms with van der Waals surface area (Å²) in [5.74, 6) is 3.73. The molecule has 4 saturated carbocycles. The van der Waals surface area contributed by atoms with Crippen molar-refractivity contribution in [2.75, 3.05) is 0 Å². The second-order valence-electron chi connectivity index (χ2n) is 14.7. The molecule has 0 radical (unpaired) electrons. The Bertz CT molecular complexity index is 1140. The Morgan fingerprint density at radius 3 is 1.39 bits per heavy atom. The molecule has 0 N–H and O–H groups in total.